The van der Waals surface area contributed by atoms with Crippen molar-refractivity contribution in [2.45, 2.75) is 32.5 Å². The molecule has 148 valence electrons. The largest absolute Gasteiger partial charge is 0.489 e. The first kappa shape index (κ1) is 19.1. The predicted molar refractivity (Wildman–Crippen MR) is 116 cm³/mol. The molecule has 1 atom stereocenters. The molecule has 0 saturated heterocycles. The number of carbonyl (C=O) groups is 1. The molecule has 4 nitrogen and oxygen atoms in total. The fourth-order valence-corrected chi connectivity index (χ4v) is 3.65. The highest BCUT2D eigenvalue weighted by atomic mass is 16.5. The highest BCUT2D eigenvalue weighted by Crippen LogP contribution is 2.35. The van der Waals surface area contributed by atoms with Gasteiger partial charge in [-0.25, -0.2) is 0 Å². The molecule has 1 aliphatic rings. The van der Waals surface area contributed by atoms with Gasteiger partial charge in [0.1, 0.15) is 12.4 Å². The molecular weight excluding hydrogens is 360 g/mol. The lowest BCUT2D eigenvalue weighted by Crippen LogP contribution is -2.45. The van der Waals surface area contributed by atoms with E-state index in [1.165, 1.54) is 11.1 Å². The number of aryl methyl sites for hydroxylation is 1. The number of para-hydroxylation sites is 2. The zero-order chi connectivity index (χ0) is 20.1. The Labute approximate surface area is 172 Å². The van der Waals surface area contributed by atoms with Gasteiger partial charge in [-0.05, 0) is 30.2 Å². The topological polar surface area (TPSA) is 41.6 Å². The van der Waals surface area contributed by atoms with E-state index in [1.54, 1.807) is 0 Å². The van der Waals surface area contributed by atoms with Crippen molar-refractivity contribution in [3.8, 4) is 5.75 Å². The van der Waals surface area contributed by atoms with Crippen molar-refractivity contribution in [1.29, 1.82) is 0 Å². The first-order chi connectivity index (χ1) is 14.2. The summed E-state index contributed by atoms with van der Waals surface area (Å²) in [5.41, 5.74) is 4.58. The molecule has 3 aromatic carbocycles. The number of hydrogen-bond acceptors (Lipinski definition) is 3. The van der Waals surface area contributed by atoms with Crippen LogP contribution in [-0.4, -0.2) is 18.6 Å². The number of fused-ring (bicyclic) bond motifs is 1. The van der Waals surface area contributed by atoms with Crippen LogP contribution < -0.4 is 15.0 Å². The molecule has 0 saturated carbocycles. The van der Waals surface area contributed by atoms with Crippen LogP contribution in [0.15, 0.2) is 78.9 Å². The van der Waals surface area contributed by atoms with E-state index in [2.05, 4.69) is 59.6 Å². The molecule has 1 amide bonds. The Morgan fingerprint density at radius 3 is 2.48 bits per heavy atom. The molecule has 1 N–H and O–H groups in total. The van der Waals surface area contributed by atoms with Gasteiger partial charge in [-0.15, -0.1) is 0 Å². The van der Waals surface area contributed by atoms with E-state index in [0.29, 0.717) is 19.6 Å². The second-order valence-electron chi connectivity index (χ2n) is 7.51. The molecule has 1 aliphatic heterocycles. The number of carbonyl (C=O) groups excluding carboxylic acids is 1. The van der Waals surface area contributed by atoms with Crippen LogP contribution in [0.4, 0.5) is 5.69 Å². The molecule has 3 aromatic rings. The summed E-state index contributed by atoms with van der Waals surface area (Å²) >= 11 is 0. The van der Waals surface area contributed by atoms with Crippen LogP contribution in [0.25, 0.3) is 0 Å². The molecule has 4 heteroatoms. The normalized spacial score (nSPS) is 15.3. The average molecular weight is 386 g/mol. The Kier molecular flexibility index (Phi) is 5.80. The van der Waals surface area contributed by atoms with Gasteiger partial charge in [-0.3, -0.25) is 4.79 Å². The molecule has 0 aliphatic carbocycles. The maximum atomic E-state index is 12.7. The Hall–Kier alpha value is -3.27. The lowest BCUT2D eigenvalue weighted by Gasteiger charge is -2.38. The molecule has 0 unspecified atom stereocenters. The molecule has 0 radical (unpaired) electrons. The summed E-state index contributed by atoms with van der Waals surface area (Å²) in [5, 5.41) is 3.05. The predicted octanol–water partition coefficient (Wildman–Crippen LogP) is 4.47. The molecule has 0 fully saturated rings. The number of rotatable bonds is 6. The van der Waals surface area contributed by atoms with E-state index in [9.17, 15) is 4.79 Å². The number of ether oxygens (including phenoxy) is 1. The number of amides is 1. The number of nitrogens with one attached hydrogen (secondary N) is 1. The van der Waals surface area contributed by atoms with Crippen molar-refractivity contribution < 1.29 is 9.53 Å². The molecule has 29 heavy (non-hydrogen) atoms. The number of anilines is 1. The lowest BCUT2D eigenvalue weighted by molar-refractivity contribution is -0.121. The third-order valence-corrected chi connectivity index (χ3v) is 5.27. The SMILES string of the molecule is Cc1ccc(CNC(=O)C[C@H]2COc3ccccc3N2Cc2ccccc2)cc1. The zero-order valence-electron chi connectivity index (χ0n) is 16.7. The fourth-order valence-electron chi connectivity index (χ4n) is 3.65. The Bertz CT molecular complexity index is 954. The van der Waals surface area contributed by atoms with Crippen LogP contribution in [0.3, 0.4) is 0 Å². The summed E-state index contributed by atoms with van der Waals surface area (Å²) in [7, 11) is 0. The van der Waals surface area contributed by atoms with Crippen LogP contribution in [-0.2, 0) is 17.9 Å². The van der Waals surface area contributed by atoms with Crippen LogP contribution in [0, 0.1) is 6.92 Å². The van der Waals surface area contributed by atoms with Crippen LogP contribution in [0.1, 0.15) is 23.1 Å². The van der Waals surface area contributed by atoms with E-state index in [1.807, 2.05) is 36.4 Å². The van der Waals surface area contributed by atoms with Gasteiger partial charge in [0.05, 0.1) is 18.2 Å². The molecule has 0 aromatic heterocycles. The van der Waals surface area contributed by atoms with E-state index in [-0.39, 0.29) is 11.9 Å². The van der Waals surface area contributed by atoms with E-state index >= 15 is 0 Å². The number of hydrogen-bond donors (Lipinski definition) is 1. The Morgan fingerprint density at radius 1 is 0.966 bits per heavy atom. The third kappa shape index (κ3) is 4.77. The van der Waals surface area contributed by atoms with Gasteiger partial charge in [0, 0.05) is 13.1 Å². The molecule has 4 rings (SSSR count). The highest BCUT2D eigenvalue weighted by Gasteiger charge is 2.29. The monoisotopic (exact) mass is 386 g/mol. The van der Waals surface area contributed by atoms with Crippen molar-refractivity contribution in [2.24, 2.45) is 0 Å². The first-order valence-electron chi connectivity index (χ1n) is 10.0. The van der Waals surface area contributed by atoms with Gasteiger partial charge in [0.15, 0.2) is 0 Å². The minimum absolute atomic E-state index is 0.0110. The quantitative estimate of drug-likeness (QED) is 0.680. The highest BCUT2D eigenvalue weighted by molar-refractivity contribution is 5.77. The average Bonchev–Trinajstić information content (AvgIpc) is 2.76. The minimum atomic E-state index is -0.0110. The number of nitrogens with zero attached hydrogens (tertiary/aromatic N) is 1. The van der Waals surface area contributed by atoms with Crippen molar-refractivity contribution in [3.05, 3.63) is 95.6 Å². The first-order valence-corrected chi connectivity index (χ1v) is 10.0. The Morgan fingerprint density at radius 2 is 1.69 bits per heavy atom. The van der Waals surface area contributed by atoms with E-state index in [0.717, 1.165) is 23.5 Å². The van der Waals surface area contributed by atoms with Gasteiger partial charge in [0.25, 0.3) is 0 Å². The summed E-state index contributed by atoms with van der Waals surface area (Å²) in [6.07, 6.45) is 0.396. The van der Waals surface area contributed by atoms with E-state index in [4.69, 9.17) is 4.74 Å². The van der Waals surface area contributed by atoms with Crippen molar-refractivity contribution in [1.82, 2.24) is 5.32 Å². The number of benzene rings is 3. The molecule has 0 spiro atoms. The Balaban J connectivity index is 1.45. The maximum Gasteiger partial charge on any atom is 0.222 e. The van der Waals surface area contributed by atoms with Gasteiger partial charge in [-0.1, -0.05) is 72.3 Å². The fraction of sp³-hybridized carbons (Fsp3) is 0.240. The van der Waals surface area contributed by atoms with Crippen molar-refractivity contribution >= 4 is 11.6 Å². The summed E-state index contributed by atoms with van der Waals surface area (Å²) in [4.78, 5) is 15.0. The van der Waals surface area contributed by atoms with Gasteiger partial charge in [0.2, 0.25) is 5.91 Å². The van der Waals surface area contributed by atoms with Crippen LogP contribution >= 0.6 is 0 Å². The van der Waals surface area contributed by atoms with Gasteiger partial charge >= 0.3 is 0 Å². The maximum absolute atomic E-state index is 12.7. The van der Waals surface area contributed by atoms with Crippen LogP contribution in [0.5, 0.6) is 5.75 Å². The second kappa shape index (κ2) is 8.82. The molecular formula is C25H26N2O2. The van der Waals surface area contributed by atoms with E-state index < -0.39 is 0 Å². The summed E-state index contributed by atoms with van der Waals surface area (Å²) in [5.74, 6) is 0.913. The zero-order valence-corrected chi connectivity index (χ0v) is 16.7. The third-order valence-electron chi connectivity index (χ3n) is 5.27. The van der Waals surface area contributed by atoms with Gasteiger partial charge in [-0.2, -0.15) is 0 Å². The molecule has 0 bridgehead atoms. The summed E-state index contributed by atoms with van der Waals surface area (Å²) < 4.78 is 5.96. The van der Waals surface area contributed by atoms with Crippen LogP contribution in [0.2, 0.25) is 0 Å². The summed E-state index contributed by atoms with van der Waals surface area (Å²) in [6, 6.07) is 26.6. The second-order valence-corrected chi connectivity index (χ2v) is 7.51. The smallest absolute Gasteiger partial charge is 0.222 e. The molecule has 1 heterocycles. The van der Waals surface area contributed by atoms with Crippen molar-refractivity contribution in [2.75, 3.05) is 11.5 Å². The van der Waals surface area contributed by atoms with Gasteiger partial charge < -0.3 is 15.0 Å². The summed E-state index contributed by atoms with van der Waals surface area (Å²) in [6.45, 7) is 3.85. The lowest BCUT2D eigenvalue weighted by atomic mass is 10.1. The minimum Gasteiger partial charge on any atom is -0.489 e. The standard InChI is InChI=1S/C25H26N2O2/c1-19-11-13-20(14-12-19)16-26-25(28)15-22-18-29-24-10-6-5-9-23(24)27(22)17-21-7-3-2-4-8-21/h2-14,22H,15-18H2,1H3,(H,26,28)/t22-/m0/s1. The van der Waals surface area contributed by atoms with Crippen molar-refractivity contribution in [3.63, 3.8) is 0 Å².